The molecule has 35 heavy (non-hydrogen) atoms. The normalized spacial score (nSPS) is 10.8. The van der Waals surface area contributed by atoms with E-state index in [0.29, 0.717) is 28.4 Å². The number of halogens is 3. The monoisotopic (exact) mass is 593 g/mol. The summed E-state index contributed by atoms with van der Waals surface area (Å²) in [5.74, 6) is 0.313. The van der Waals surface area contributed by atoms with Crippen molar-refractivity contribution in [2.45, 2.75) is 18.3 Å². The van der Waals surface area contributed by atoms with E-state index in [4.69, 9.17) is 16.3 Å². The maximum Gasteiger partial charge on any atom is 0.236 e. The Morgan fingerprint density at radius 1 is 1.29 bits per heavy atom. The van der Waals surface area contributed by atoms with Gasteiger partial charge in [-0.1, -0.05) is 57.5 Å². The highest BCUT2D eigenvalue weighted by Gasteiger charge is 2.16. The number of carbonyl (C=O) groups excluding carboxylic acids is 1. The second kappa shape index (κ2) is 11.8. The Morgan fingerprint density at radius 2 is 2.09 bits per heavy atom. The first-order chi connectivity index (χ1) is 16.9. The summed E-state index contributed by atoms with van der Waals surface area (Å²) in [6, 6.07) is 11.7. The highest BCUT2D eigenvalue weighted by Crippen LogP contribution is 2.28. The van der Waals surface area contributed by atoms with E-state index < -0.39 is 5.82 Å². The van der Waals surface area contributed by atoms with Crippen LogP contribution in [0.15, 0.2) is 70.1 Å². The number of allylic oxidation sites excluding steroid dienone is 1. The second-order valence-corrected chi connectivity index (χ2v) is 10.2. The highest BCUT2D eigenvalue weighted by atomic mass is 79.9. The van der Waals surface area contributed by atoms with E-state index >= 15 is 0 Å². The number of nitrogens with zero attached hydrogens (tertiary/aromatic N) is 4. The van der Waals surface area contributed by atoms with Crippen LogP contribution in [0.25, 0.3) is 11.3 Å². The van der Waals surface area contributed by atoms with E-state index in [0.717, 1.165) is 15.7 Å². The van der Waals surface area contributed by atoms with Crippen molar-refractivity contribution >= 4 is 61.7 Å². The summed E-state index contributed by atoms with van der Waals surface area (Å²) in [6.07, 6.45) is 1.70. The number of nitrogens with one attached hydrogen (secondary N) is 1. The van der Waals surface area contributed by atoms with Crippen molar-refractivity contribution < 1.29 is 13.9 Å². The van der Waals surface area contributed by atoms with Crippen LogP contribution in [0.5, 0.6) is 5.75 Å². The fourth-order valence-corrected chi connectivity index (χ4v) is 4.94. The van der Waals surface area contributed by atoms with Gasteiger partial charge < -0.3 is 10.1 Å². The number of benzene rings is 2. The molecule has 0 aliphatic heterocycles. The van der Waals surface area contributed by atoms with Crippen LogP contribution in [0.2, 0.25) is 5.02 Å². The van der Waals surface area contributed by atoms with Gasteiger partial charge in [0.25, 0.3) is 0 Å². The van der Waals surface area contributed by atoms with Crippen LogP contribution >= 0.6 is 50.6 Å². The zero-order chi connectivity index (χ0) is 24.8. The molecule has 0 saturated carbocycles. The average molecular weight is 595 g/mol. The number of thioether (sulfide) groups is 1. The number of anilines is 1. The van der Waals surface area contributed by atoms with Gasteiger partial charge in [-0.15, -0.1) is 28.1 Å². The standard InChI is InChI=1S/C23H18BrClFN5O2S2/c1-2-9-31-20(11-33-19-8-7-16(26)10-17(19)25)29-30-23(31)35-13-21(32)28-22-27-18(12-34-22)14-3-5-15(24)6-4-14/h2-8,10,12H,1,9,11,13H2,(H,27,28,32). The van der Waals surface area contributed by atoms with E-state index in [2.05, 4.69) is 43.0 Å². The summed E-state index contributed by atoms with van der Waals surface area (Å²) in [7, 11) is 0. The molecule has 0 radical (unpaired) electrons. The topological polar surface area (TPSA) is 81.9 Å². The van der Waals surface area contributed by atoms with Gasteiger partial charge in [-0.05, 0) is 30.3 Å². The lowest BCUT2D eigenvalue weighted by Gasteiger charge is -2.10. The average Bonchev–Trinajstić information content (AvgIpc) is 3.45. The predicted molar refractivity (Wildman–Crippen MR) is 141 cm³/mol. The molecule has 4 aromatic rings. The fourth-order valence-electron chi connectivity index (χ4n) is 2.95. The molecule has 180 valence electrons. The molecule has 1 N–H and O–H groups in total. The molecule has 0 aliphatic rings. The first-order valence-corrected chi connectivity index (χ1v) is 13.2. The lowest BCUT2D eigenvalue weighted by atomic mass is 10.2. The molecule has 0 atom stereocenters. The van der Waals surface area contributed by atoms with E-state index in [-0.39, 0.29) is 23.3 Å². The molecule has 0 saturated heterocycles. The van der Waals surface area contributed by atoms with Gasteiger partial charge in [0.2, 0.25) is 5.91 Å². The number of aromatic nitrogens is 4. The zero-order valence-electron chi connectivity index (χ0n) is 18.1. The van der Waals surface area contributed by atoms with Gasteiger partial charge in [0, 0.05) is 22.0 Å². The Bertz CT molecular complexity index is 1350. The number of hydrogen-bond donors (Lipinski definition) is 1. The molecule has 2 aromatic heterocycles. The Kier molecular flexibility index (Phi) is 8.55. The van der Waals surface area contributed by atoms with Gasteiger partial charge in [-0.25, -0.2) is 9.37 Å². The van der Waals surface area contributed by atoms with Crippen molar-refractivity contribution in [3.05, 3.63) is 81.6 Å². The molecule has 0 unspecified atom stereocenters. The molecule has 0 spiro atoms. The smallest absolute Gasteiger partial charge is 0.236 e. The largest absolute Gasteiger partial charge is 0.484 e. The maximum atomic E-state index is 13.2. The summed E-state index contributed by atoms with van der Waals surface area (Å²) in [5, 5.41) is 14.3. The Morgan fingerprint density at radius 3 is 2.83 bits per heavy atom. The van der Waals surface area contributed by atoms with Gasteiger partial charge >= 0.3 is 0 Å². The minimum absolute atomic E-state index is 0.0664. The Balaban J connectivity index is 1.35. The molecule has 4 rings (SSSR count). The van der Waals surface area contributed by atoms with Crippen LogP contribution in [0.4, 0.5) is 9.52 Å². The fraction of sp³-hybridized carbons (Fsp3) is 0.130. The van der Waals surface area contributed by atoms with E-state index in [9.17, 15) is 9.18 Å². The zero-order valence-corrected chi connectivity index (χ0v) is 22.1. The number of thiazole rings is 1. The molecule has 1 amide bonds. The summed E-state index contributed by atoms with van der Waals surface area (Å²) in [5.41, 5.74) is 1.76. The van der Waals surface area contributed by atoms with Crippen molar-refractivity contribution in [2.75, 3.05) is 11.1 Å². The second-order valence-electron chi connectivity index (χ2n) is 7.04. The van der Waals surface area contributed by atoms with Gasteiger partial charge in [-0.3, -0.25) is 9.36 Å². The lowest BCUT2D eigenvalue weighted by Crippen LogP contribution is -2.15. The van der Waals surface area contributed by atoms with Gasteiger partial charge in [0.15, 0.2) is 16.1 Å². The van der Waals surface area contributed by atoms with Gasteiger partial charge in [0.05, 0.1) is 16.5 Å². The third-order valence-electron chi connectivity index (χ3n) is 4.58. The highest BCUT2D eigenvalue weighted by molar-refractivity contribution is 9.10. The van der Waals surface area contributed by atoms with Crippen molar-refractivity contribution in [3.63, 3.8) is 0 Å². The maximum absolute atomic E-state index is 13.2. The molecular weight excluding hydrogens is 577 g/mol. The Labute approximate surface area is 222 Å². The summed E-state index contributed by atoms with van der Waals surface area (Å²) in [4.78, 5) is 17.0. The molecule has 2 aromatic carbocycles. The van der Waals surface area contributed by atoms with E-state index in [1.54, 1.807) is 10.6 Å². The van der Waals surface area contributed by atoms with Gasteiger partial charge in [-0.2, -0.15) is 0 Å². The van der Waals surface area contributed by atoms with Crippen molar-refractivity contribution in [1.29, 1.82) is 0 Å². The number of carbonyl (C=O) groups is 1. The molecular formula is C23H18BrClFN5O2S2. The van der Waals surface area contributed by atoms with Crippen LogP contribution in [-0.4, -0.2) is 31.4 Å². The number of ether oxygens (including phenoxy) is 1. The first kappa shape index (κ1) is 25.4. The van der Waals surface area contributed by atoms with E-state index in [1.807, 2.05) is 29.6 Å². The molecule has 7 nitrogen and oxygen atoms in total. The number of amides is 1. The molecule has 12 heteroatoms. The van der Waals surface area contributed by atoms with Crippen LogP contribution in [0.1, 0.15) is 5.82 Å². The van der Waals surface area contributed by atoms with E-state index in [1.165, 1.54) is 41.3 Å². The summed E-state index contributed by atoms with van der Waals surface area (Å²) < 4.78 is 21.7. The van der Waals surface area contributed by atoms with Crippen molar-refractivity contribution in [2.24, 2.45) is 0 Å². The third-order valence-corrected chi connectivity index (χ3v) is 7.13. The number of rotatable bonds is 10. The Hall–Kier alpha value is -2.73. The third kappa shape index (κ3) is 6.69. The minimum Gasteiger partial charge on any atom is -0.484 e. The van der Waals surface area contributed by atoms with Crippen molar-refractivity contribution in [1.82, 2.24) is 19.7 Å². The molecule has 2 heterocycles. The molecule has 0 bridgehead atoms. The van der Waals surface area contributed by atoms with Crippen LogP contribution < -0.4 is 10.1 Å². The SMILES string of the molecule is C=CCn1c(COc2ccc(F)cc2Cl)nnc1SCC(=O)Nc1nc(-c2ccc(Br)cc2)cs1. The summed E-state index contributed by atoms with van der Waals surface area (Å²) in [6.45, 7) is 4.26. The number of hydrogen-bond acceptors (Lipinski definition) is 7. The molecule has 0 aliphatic carbocycles. The van der Waals surface area contributed by atoms with Crippen LogP contribution in [0, 0.1) is 5.82 Å². The van der Waals surface area contributed by atoms with Crippen molar-refractivity contribution in [3.8, 4) is 17.0 Å². The minimum atomic E-state index is -0.448. The predicted octanol–water partition coefficient (Wildman–Crippen LogP) is 6.45. The lowest BCUT2D eigenvalue weighted by molar-refractivity contribution is -0.113. The quantitative estimate of drug-likeness (QED) is 0.168. The van der Waals surface area contributed by atoms with Crippen LogP contribution in [-0.2, 0) is 17.9 Å². The van der Waals surface area contributed by atoms with Gasteiger partial charge in [0.1, 0.15) is 18.2 Å². The van der Waals surface area contributed by atoms with Crippen LogP contribution in [0.3, 0.4) is 0 Å². The first-order valence-electron chi connectivity index (χ1n) is 10.2. The summed E-state index contributed by atoms with van der Waals surface area (Å²) >= 11 is 12.0. The molecule has 0 fully saturated rings.